The van der Waals surface area contributed by atoms with E-state index < -0.39 is 11.9 Å². The van der Waals surface area contributed by atoms with Crippen molar-refractivity contribution < 1.29 is 28.2 Å². The number of aryl methyl sites for hydroxylation is 2. The molecule has 9 heteroatoms. The summed E-state index contributed by atoms with van der Waals surface area (Å²) in [6, 6.07) is 15.3. The van der Waals surface area contributed by atoms with Gasteiger partial charge in [-0.25, -0.2) is 0 Å². The first-order chi connectivity index (χ1) is 18.3. The third-order valence-corrected chi connectivity index (χ3v) is 6.95. The normalized spacial score (nSPS) is 15.7. The van der Waals surface area contributed by atoms with Crippen molar-refractivity contribution in [1.82, 2.24) is 4.90 Å². The number of ether oxygens (including phenoxy) is 3. The number of carbonyl (C=O) groups is 2. The molecule has 3 aromatic carbocycles. The number of hydrogen-bond acceptors (Lipinski definition) is 7. The monoisotopic (exact) mass is 512 g/mol. The van der Waals surface area contributed by atoms with Gasteiger partial charge in [0.05, 0.1) is 17.0 Å². The summed E-state index contributed by atoms with van der Waals surface area (Å²) in [4.78, 5) is 40.3. The molecule has 3 heterocycles. The van der Waals surface area contributed by atoms with Crippen LogP contribution in [0, 0.1) is 13.8 Å². The van der Waals surface area contributed by atoms with Crippen LogP contribution in [0.3, 0.4) is 0 Å². The lowest BCUT2D eigenvalue weighted by atomic mass is 9.97. The molecule has 1 aromatic heterocycles. The highest BCUT2D eigenvalue weighted by Gasteiger charge is 2.43. The predicted molar refractivity (Wildman–Crippen MR) is 137 cm³/mol. The van der Waals surface area contributed by atoms with Crippen LogP contribution in [0.1, 0.15) is 44.4 Å². The minimum Gasteiger partial charge on any atom is -0.484 e. The second-order valence-electron chi connectivity index (χ2n) is 9.45. The van der Waals surface area contributed by atoms with Crippen molar-refractivity contribution in [3.8, 4) is 17.2 Å². The van der Waals surface area contributed by atoms with Crippen molar-refractivity contribution in [3.05, 3.63) is 98.4 Å². The third kappa shape index (κ3) is 3.92. The molecule has 2 N–H and O–H groups in total. The van der Waals surface area contributed by atoms with E-state index in [9.17, 15) is 14.4 Å². The number of amides is 2. The van der Waals surface area contributed by atoms with Gasteiger partial charge in [0, 0.05) is 6.54 Å². The Bertz CT molecular complexity index is 1670. The molecule has 2 amide bonds. The van der Waals surface area contributed by atoms with Crippen LogP contribution in [0.4, 0.5) is 0 Å². The highest BCUT2D eigenvalue weighted by Crippen LogP contribution is 2.41. The van der Waals surface area contributed by atoms with E-state index in [0.29, 0.717) is 33.8 Å². The highest BCUT2D eigenvalue weighted by atomic mass is 16.7. The average molecular weight is 513 g/mol. The van der Waals surface area contributed by atoms with Gasteiger partial charge in [-0.1, -0.05) is 18.2 Å². The minimum atomic E-state index is -0.699. The molecule has 2 aliphatic heterocycles. The Kier molecular flexibility index (Phi) is 5.56. The number of nitrogens with two attached hydrogens (primary N) is 1. The third-order valence-electron chi connectivity index (χ3n) is 6.95. The van der Waals surface area contributed by atoms with Crippen molar-refractivity contribution >= 4 is 22.8 Å². The fourth-order valence-electron chi connectivity index (χ4n) is 4.92. The molecular formula is C29H24N2O7. The molecule has 0 aliphatic carbocycles. The summed E-state index contributed by atoms with van der Waals surface area (Å²) in [5, 5.41) is 0.427. The zero-order chi connectivity index (χ0) is 26.6. The first-order valence-electron chi connectivity index (χ1n) is 12.1. The van der Waals surface area contributed by atoms with Gasteiger partial charge in [-0.2, -0.15) is 0 Å². The van der Waals surface area contributed by atoms with E-state index in [1.54, 1.807) is 47.4 Å². The lowest BCUT2D eigenvalue weighted by molar-refractivity contribution is -0.119. The Hall–Kier alpha value is -4.79. The molecule has 4 aromatic rings. The Balaban J connectivity index is 1.47. The standard InChI is InChI=1S/C29H24N2O7/c1-15-9-20-22(10-16(15)2)38-28-25(27(20)33)26(18-4-6-19(7-5-18)35-13-24(30)32)31(29(28)34)12-17-3-8-21-23(11-17)37-14-36-21/h3-11,26H,12-14H2,1-2H3,(H2,30,32). The van der Waals surface area contributed by atoms with Crippen LogP contribution < -0.4 is 25.4 Å². The van der Waals surface area contributed by atoms with Crippen molar-refractivity contribution in [1.29, 1.82) is 0 Å². The lowest BCUT2D eigenvalue weighted by Gasteiger charge is -2.25. The molecule has 2 aliphatic rings. The van der Waals surface area contributed by atoms with E-state index in [-0.39, 0.29) is 42.6 Å². The zero-order valence-corrected chi connectivity index (χ0v) is 20.8. The van der Waals surface area contributed by atoms with Crippen LogP contribution in [0.5, 0.6) is 17.2 Å². The van der Waals surface area contributed by atoms with E-state index >= 15 is 0 Å². The summed E-state index contributed by atoms with van der Waals surface area (Å²) in [6.07, 6.45) is 0. The molecule has 0 bridgehead atoms. The van der Waals surface area contributed by atoms with E-state index in [4.69, 9.17) is 24.4 Å². The fourth-order valence-corrected chi connectivity index (χ4v) is 4.92. The lowest BCUT2D eigenvalue weighted by Crippen LogP contribution is -2.29. The van der Waals surface area contributed by atoms with Gasteiger partial charge >= 0.3 is 0 Å². The second-order valence-corrected chi connectivity index (χ2v) is 9.45. The molecule has 192 valence electrons. The van der Waals surface area contributed by atoms with Gasteiger partial charge in [-0.05, 0) is 72.5 Å². The predicted octanol–water partition coefficient (Wildman–Crippen LogP) is 3.75. The smallest absolute Gasteiger partial charge is 0.291 e. The number of carbonyl (C=O) groups excluding carboxylic acids is 2. The van der Waals surface area contributed by atoms with Gasteiger partial charge in [0.15, 0.2) is 23.5 Å². The van der Waals surface area contributed by atoms with Crippen LogP contribution in [-0.4, -0.2) is 30.1 Å². The number of hydrogen-bond donors (Lipinski definition) is 1. The minimum absolute atomic E-state index is 0.0329. The Labute approximate surface area is 217 Å². The van der Waals surface area contributed by atoms with E-state index in [2.05, 4.69) is 0 Å². The summed E-state index contributed by atoms with van der Waals surface area (Å²) in [5.41, 5.74) is 9.02. The molecule has 9 nitrogen and oxygen atoms in total. The van der Waals surface area contributed by atoms with Crippen LogP contribution in [0.25, 0.3) is 11.0 Å². The van der Waals surface area contributed by atoms with Gasteiger partial charge in [0.2, 0.25) is 12.6 Å². The van der Waals surface area contributed by atoms with Gasteiger partial charge in [0.25, 0.3) is 11.8 Å². The number of nitrogens with zero attached hydrogens (tertiary/aromatic N) is 1. The molecule has 6 rings (SSSR count). The summed E-state index contributed by atoms with van der Waals surface area (Å²) in [6.45, 7) is 3.96. The van der Waals surface area contributed by atoms with E-state index in [0.717, 1.165) is 16.7 Å². The van der Waals surface area contributed by atoms with E-state index in [1.165, 1.54) is 0 Å². The SMILES string of the molecule is Cc1cc2oc3c(c(=O)c2cc1C)C(c1ccc(OCC(N)=O)cc1)N(Cc1ccc2c(c1)OCO2)C3=O. The quantitative estimate of drug-likeness (QED) is 0.418. The maximum Gasteiger partial charge on any atom is 0.291 e. The molecule has 1 atom stereocenters. The van der Waals surface area contributed by atoms with Crippen molar-refractivity contribution in [3.63, 3.8) is 0 Å². The molecular weight excluding hydrogens is 488 g/mol. The maximum absolute atomic E-state index is 13.9. The van der Waals surface area contributed by atoms with Crippen LogP contribution >= 0.6 is 0 Å². The summed E-state index contributed by atoms with van der Waals surface area (Å²) < 4.78 is 22.4. The molecule has 0 saturated heterocycles. The Morgan fingerprint density at radius 2 is 1.74 bits per heavy atom. The van der Waals surface area contributed by atoms with Gasteiger partial charge in [-0.3, -0.25) is 14.4 Å². The van der Waals surface area contributed by atoms with Crippen LogP contribution in [0.15, 0.2) is 63.8 Å². The summed E-state index contributed by atoms with van der Waals surface area (Å²) >= 11 is 0. The van der Waals surface area contributed by atoms with E-state index in [1.807, 2.05) is 26.0 Å². The second kappa shape index (κ2) is 8.95. The van der Waals surface area contributed by atoms with Crippen molar-refractivity contribution in [2.45, 2.75) is 26.4 Å². The largest absolute Gasteiger partial charge is 0.484 e. The number of primary amides is 1. The average Bonchev–Trinajstić information content (AvgIpc) is 3.47. The highest BCUT2D eigenvalue weighted by molar-refractivity contribution is 5.99. The Morgan fingerprint density at radius 1 is 1.00 bits per heavy atom. The van der Waals surface area contributed by atoms with Crippen molar-refractivity contribution in [2.75, 3.05) is 13.4 Å². The molecule has 0 spiro atoms. The zero-order valence-electron chi connectivity index (χ0n) is 20.8. The number of rotatable bonds is 6. The van der Waals surface area contributed by atoms with Gasteiger partial charge < -0.3 is 29.3 Å². The molecule has 38 heavy (non-hydrogen) atoms. The summed E-state index contributed by atoms with van der Waals surface area (Å²) in [7, 11) is 0. The molecule has 0 radical (unpaired) electrons. The number of benzene rings is 3. The van der Waals surface area contributed by atoms with Crippen molar-refractivity contribution in [2.24, 2.45) is 5.73 Å². The number of fused-ring (bicyclic) bond motifs is 3. The Morgan fingerprint density at radius 3 is 2.50 bits per heavy atom. The fraction of sp³-hybridized carbons (Fsp3) is 0.207. The summed E-state index contributed by atoms with van der Waals surface area (Å²) in [5.74, 6) is 0.747. The maximum atomic E-state index is 13.9. The topological polar surface area (TPSA) is 121 Å². The molecule has 0 saturated carbocycles. The van der Waals surface area contributed by atoms with Gasteiger partial charge in [0.1, 0.15) is 11.3 Å². The van der Waals surface area contributed by atoms with Gasteiger partial charge in [-0.15, -0.1) is 0 Å². The molecule has 1 unspecified atom stereocenters. The van der Waals surface area contributed by atoms with Crippen LogP contribution in [0.2, 0.25) is 0 Å². The molecule has 0 fully saturated rings. The first kappa shape index (κ1) is 23.6. The van der Waals surface area contributed by atoms with Crippen LogP contribution in [-0.2, 0) is 11.3 Å². The first-order valence-corrected chi connectivity index (χ1v) is 12.1.